The van der Waals surface area contributed by atoms with Crippen LogP contribution in [0.4, 0.5) is 0 Å². The van der Waals surface area contributed by atoms with Gasteiger partial charge in [0.1, 0.15) is 6.29 Å². The minimum Gasteiger partial charge on any atom is -0.303 e. The first-order valence-electron chi connectivity index (χ1n) is 3.44. The second-order valence-electron chi connectivity index (χ2n) is 2.72. The lowest BCUT2D eigenvalue weighted by Crippen LogP contribution is -2.04. The second kappa shape index (κ2) is 2.81. The van der Waals surface area contributed by atoms with Crippen LogP contribution in [0.1, 0.15) is 26.2 Å². The molecule has 50 valence electrons. The van der Waals surface area contributed by atoms with Crippen molar-refractivity contribution in [1.82, 2.24) is 0 Å². The molecule has 0 radical (unpaired) electrons. The molecule has 1 aliphatic carbocycles. The Hall–Kier alpha value is -0.590. The monoisotopic (exact) mass is 124 g/mol. The van der Waals surface area contributed by atoms with Crippen molar-refractivity contribution in [2.75, 3.05) is 0 Å². The lowest BCUT2D eigenvalue weighted by molar-refractivity contribution is -0.111. The third kappa shape index (κ3) is 1.67. The lowest BCUT2D eigenvalue weighted by atomic mass is 9.92. The molecule has 1 rings (SSSR count). The van der Waals surface area contributed by atoms with Gasteiger partial charge in [-0.3, -0.25) is 0 Å². The molecule has 0 saturated heterocycles. The van der Waals surface area contributed by atoms with Gasteiger partial charge in [-0.25, -0.2) is 0 Å². The average molecular weight is 124 g/mol. The van der Waals surface area contributed by atoms with Crippen molar-refractivity contribution in [3.8, 4) is 0 Å². The number of hydrogen-bond acceptors (Lipinski definition) is 1. The van der Waals surface area contributed by atoms with Gasteiger partial charge in [0.2, 0.25) is 0 Å². The molecule has 1 heteroatoms. The van der Waals surface area contributed by atoms with E-state index in [1.165, 1.54) is 5.57 Å². The van der Waals surface area contributed by atoms with Crippen LogP contribution in [0, 0.1) is 5.92 Å². The predicted octanol–water partition coefficient (Wildman–Crippen LogP) is 1.93. The molecule has 0 spiro atoms. The summed E-state index contributed by atoms with van der Waals surface area (Å²) in [6, 6.07) is 0. The third-order valence-corrected chi connectivity index (χ3v) is 1.87. The highest BCUT2D eigenvalue weighted by atomic mass is 16.1. The summed E-state index contributed by atoms with van der Waals surface area (Å²) < 4.78 is 0. The number of rotatable bonds is 1. The van der Waals surface area contributed by atoms with Gasteiger partial charge in [-0.2, -0.15) is 0 Å². The highest BCUT2D eigenvalue weighted by Gasteiger charge is 2.09. The predicted molar refractivity (Wildman–Crippen MR) is 37.2 cm³/mol. The molecule has 0 aliphatic heterocycles. The molecule has 0 heterocycles. The normalized spacial score (nSPS) is 27.2. The molecule has 1 aliphatic rings. The first kappa shape index (κ1) is 6.53. The summed E-state index contributed by atoms with van der Waals surface area (Å²) in [5.74, 6) is 0.314. The maximum Gasteiger partial charge on any atom is 0.123 e. The maximum absolute atomic E-state index is 10.2. The smallest absolute Gasteiger partial charge is 0.123 e. The van der Waals surface area contributed by atoms with Crippen LogP contribution in [0.5, 0.6) is 0 Å². The largest absolute Gasteiger partial charge is 0.303 e. The summed E-state index contributed by atoms with van der Waals surface area (Å²) in [5, 5.41) is 0. The fourth-order valence-electron chi connectivity index (χ4n) is 1.11. The Kier molecular flexibility index (Phi) is 2.04. The van der Waals surface area contributed by atoms with Crippen molar-refractivity contribution in [2.24, 2.45) is 5.92 Å². The molecular formula is C8H12O. The van der Waals surface area contributed by atoms with Gasteiger partial charge in [-0.1, -0.05) is 11.6 Å². The number of carbonyl (C=O) groups is 1. The first-order valence-corrected chi connectivity index (χ1v) is 3.44. The highest BCUT2D eigenvalue weighted by Crippen LogP contribution is 2.20. The quantitative estimate of drug-likeness (QED) is 0.385. The SMILES string of the molecule is CC1=CC[C@H](C=O)CC1. The number of aldehydes is 1. The molecule has 0 N–H and O–H groups in total. The Bertz CT molecular complexity index is 136. The molecule has 0 amide bonds. The fraction of sp³-hybridized carbons (Fsp3) is 0.625. The van der Waals surface area contributed by atoms with E-state index >= 15 is 0 Å². The Morgan fingerprint density at radius 3 is 3.00 bits per heavy atom. The number of carbonyl (C=O) groups excluding carboxylic acids is 1. The number of hydrogen-bond donors (Lipinski definition) is 0. The summed E-state index contributed by atoms with van der Waals surface area (Å²) >= 11 is 0. The van der Waals surface area contributed by atoms with E-state index in [1.54, 1.807) is 0 Å². The van der Waals surface area contributed by atoms with E-state index in [0.29, 0.717) is 5.92 Å². The Morgan fingerprint density at radius 1 is 1.78 bits per heavy atom. The summed E-state index contributed by atoms with van der Waals surface area (Å²) in [6.45, 7) is 2.13. The fourth-order valence-corrected chi connectivity index (χ4v) is 1.11. The average Bonchev–Trinajstić information content (AvgIpc) is 1.90. The van der Waals surface area contributed by atoms with Crippen molar-refractivity contribution in [1.29, 1.82) is 0 Å². The minimum atomic E-state index is 0.314. The lowest BCUT2D eigenvalue weighted by Gasteiger charge is -2.13. The van der Waals surface area contributed by atoms with Gasteiger partial charge in [-0.15, -0.1) is 0 Å². The maximum atomic E-state index is 10.2. The Labute approximate surface area is 55.8 Å². The van der Waals surface area contributed by atoms with E-state index in [4.69, 9.17) is 0 Å². The number of allylic oxidation sites excluding steroid dienone is 2. The standard InChI is InChI=1S/C8H12O/c1-7-2-4-8(6-9)5-3-7/h2,6,8H,3-5H2,1H3/t8-/m0/s1. The van der Waals surface area contributed by atoms with Gasteiger partial charge in [0, 0.05) is 5.92 Å². The first-order chi connectivity index (χ1) is 4.33. The van der Waals surface area contributed by atoms with Crippen LogP contribution in [-0.2, 0) is 4.79 Å². The van der Waals surface area contributed by atoms with E-state index in [9.17, 15) is 4.79 Å². The molecule has 1 atom stereocenters. The van der Waals surface area contributed by atoms with Crippen LogP contribution in [-0.4, -0.2) is 6.29 Å². The zero-order valence-electron chi connectivity index (χ0n) is 5.76. The van der Waals surface area contributed by atoms with Gasteiger partial charge in [0.15, 0.2) is 0 Å². The van der Waals surface area contributed by atoms with Crippen LogP contribution in [0.2, 0.25) is 0 Å². The summed E-state index contributed by atoms with van der Waals surface area (Å²) in [5.41, 5.74) is 1.44. The molecule has 0 aromatic rings. The Balaban J connectivity index is 2.45. The topological polar surface area (TPSA) is 17.1 Å². The van der Waals surface area contributed by atoms with Crippen molar-refractivity contribution in [3.63, 3.8) is 0 Å². The molecule has 0 aromatic heterocycles. The van der Waals surface area contributed by atoms with E-state index in [0.717, 1.165) is 25.5 Å². The van der Waals surface area contributed by atoms with Gasteiger partial charge in [0.05, 0.1) is 0 Å². The van der Waals surface area contributed by atoms with Crippen molar-refractivity contribution in [2.45, 2.75) is 26.2 Å². The van der Waals surface area contributed by atoms with Gasteiger partial charge >= 0.3 is 0 Å². The molecule has 9 heavy (non-hydrogen) atoms. The molecular weight excluding hydrogens is 112 g/mol. The molecule has 0 aromatic carbocycles. The van der Waals surface area contributed by atoms with Gasteiger partial charge < -0.3 is 4.79 Å². The Morgan fingerprint density at radius 2 is 2.56 bits per heavy atom. The van der Waals surface area contributed by atoms with Crippen LogP contribution in [0.25, 0.3) is 0 Å². The van der Waals surface area contributed by atoms with E-state index in [-0.39, 0.29) is 0 Å². The van der Waals surface area contributed by atoms with Crippen molar-refractivity contribution in [3.05, 3.63) is 11.6 Å². The molecule has 0 saturated carbocycles. The summed E-state index contributed by atoms with van der Waals surface area (Å²) in [6.07, 6.45) is 6.38. The van der Waals surface area contributed by atoms with E-state index < -0.39 is 0 Å². The second-order valence-corrected chi connectivity index (χ2v) is 2.72. The third-order valence-electron chi connectivity index (χ3n) is 1.87. The van der Waals surface area contributed by atoms with Gasteiger partial charge in [0.25, 0.3) is 0 Å². The summed E-state index contributed by atoms with van der Waals surface area (Å²) in [4.78, 5) is 10.2. The van der Waals surface area contributed by atoms with Crippen LogP contribution in [0.15, 0.2) is 11.6 Å². The van der Waals surface area contributed by atoms with Crippen molar-refractivity contribution >= 4 is 6.29 Å². The van der Waals surface area contributed by atoms with Crippen LogP contribution >= 0.6 is 0 Å². The van der Waals surface area contributed by atoms with Gasteiger partial charge in [-0.05, 0) is 26.2 Å². The minimum absolute atomic E-state index is 0.314. The van der Waals surface area contributed by atoms with Crippen molar-refractivity contribution < 1.29 is 4.79 Å². The molecule has 0 fully saturated rings. The highest BCUT2D eigenvalue weighted by molar-refractivity contribution is 5.54. The molecule has 1 nitrogen and oxygen atoms in total. The zero-order valence-corrected chi connectivity index (χ0v) is 5.76. The zero-order chi connectivity index (χ0) is 6.69. The van der Waals surface area contributed by atoms with Crippen LogP contribution < -0.4 is 0 Å². The molecule has 0 bridgehead atoms. The molecule has 0 unspecified atom stereocenters. The van der Waals surface area contributed by atoms with Crippen LogP contribution in [0.3, 0.4) is 0 Å². The van der Waals surface area contributed by atoms with E-state index in [2.05, 4.69) is 13.0 Å². The van der Waals surface area contributed by atoms with E-state index in [1.807, 2.05) is 0 Å². The summed E-state index contributed by atoms with van der Waals surface area (Å²) in [7, 11) is 0.